The Morgan fingerprint density at radius 1 is 1.32 bits per heavy atom. The van der Waals surface area contributed by atoms with Gasteiger partial charge in [-0.3, -0.25) is 14.7 Å². The molecule has 1 atom stereocenters. The molecule has 0 aliphatic carbocycles. The maximum absolute atomic E-state index is 12.5. The highest BCUT2D eigenvalue weighted by Gasteiger charge is 2.28. The number of carbonyl (C=O) groups excluding carboxylic acids is 1. The molecule has 0 bridgehead atoms. The summed E-state index contributed by atoms with van der Waals surface area (Å²) < 4.78 is 5.42. The number of aliphatic hydroxyl groups excluding tert-OH is 1. The summed E-state index contributed by atoms with van der Waals surface area (Å²) in [6, 6.07) is 3.63. The lowest BCUT2D eigenvalue weighted by atomic mass is 9.96. The van der Waals surface area contributed by atoms with Crippen molar-refractivity contribution in [3.8, 4) is 11.3 Å². The highest BCUT2D eigenvalue weighted by molar-refractivity contribution is 6.00. The van der Waals surface area contributed by atoms with Gasteiger partial charge in [-0.1, -0.05) is 0 Å². The molecule has 1 fully saturated rings. The molecule has 2 aromatic heterocycles. The van der Waals surface area contributed by atoms with Gasteiger partial charge in [-0.25, -0.2) is 9.97 Å². The first-order chi connectivity index (χ1) is 13.6. The van der Waals surface area contributed by atoms with Gasteiger partial charge in [0.2, 0.25) is 5.91 Å². The second-order valence-corrected chi connectivity index (χ2v) is 7.32. The molecule has 28 heavy (non-hydrogen) atoms. The van der Waals surface area contributed by atoms with E-state index in [1.54, 1.807) is 30.3 Å². The Balaban J connectivity index is 0.00000160. The van der Waals surface area contributed by atoms with Crippen LogP contribution in [-0.4, -0.2) is 52.3 Å². The zero-order valence-electron chi connectivity index (χ0n) is 16.0. The standard InChI is InChI=1S/C20H25N5O3.2H2/c1-13(26)16-3-2-15(10-21-16)17-11-22-19-20(24-17)25(18(27)12-23-19)7-4-14-5-8-28-9-6-14;;/h2-3,10-11,13-14,26H,4-9,12H2,1H3,(H,22,23);2*1H/t13-;;/m1../s1. The summed E-state index contributed by atoms with van der Waals surface area (Å²) in [7, 11) is 0. The fraction of sp³-hybridized carbons (Fsp3) is 0.500. The van der Waals surface area contributed by atoms with Gasteiger partial charge < -0.3 is 15.2 Å². The van der Waals surface area contributed by atoms with Crippen LogP contribution < -0.4 is 10.2 Å². The molecule has 152 valence electrons. The molecule has 0 spiro atoms. The first-order valence-corrected chi connectivity index (χ1v) is 9.75. The molecule has 4 rings (SSSR count). The van der Waals surface area contributed by atoms with Gasteiger partial charge in [-0.2, -0.15) is 0 Å². The molecule has 2 aromatic rings. The van der Waals surface area contributed by atoms with E-state index in [9.17, 15) is 9.90 Å². The summed E-state index contributed by atoms with van der Waals surface area (Å²) in [5, 5.41) is 12.7. The van der Waals surface area contributed by atoms with Gasteiger partial charge in [0.05, 0.1) is 30.2 Å². The fourth-order valence-electron chi connectivity index (χ4n) is 3.59. The third kappa shape index (κ3) is 3.98. The zero-order valence-corrected chi connectivity index (χ0v) is 16.0. The van der Waals surface area contributed by atoms with Crippen LogP contribution in [0.5, 0.6) is 0 Å². The minimum absolute atomic E-state index is 0. The van der Waals surface area contributed by atoms with Gasteiger partial charge >= 0.3 is 0 Å². The van der Waals surface area contributed by atoms with E-state index in [0.717, 1.165) is 38.0 Å². The maximum atomic E-state index is 12.5. The predicted octanol–water partition coefficient (Wildman–Crippen LogP) is 2.66. The molecule has 0 unspecified atom stereocenters. The van der Waals surface area contributed by atoms with Crippen molar-refractivity contribution in [3.05, 3.63) is 30.2 Å². The van der Waals surface area contributed by atoms with Crippen molar-refractivity contribution < 1.29 is 17.5 Å². The zero-order chi connectivity index (χ0) is 19.5. The van der Waals surface area contributed by atoms with E-state index in [-0.39, 0.29) is 15.3 Å². The SMILES string of the molecule is C[C@@H](O)c1ccc(-c2cnc3c(n2)N(CCC2CCOCC2)C(=O)CN3)cn1.[HH].[HH]. The average Bonchev–Trinajstić information content (AvgIpc) is 2.73. The van der Waals surface area contributed by atoms with E-state index < -0.39 is 6.10 Å². The molecule has 2 N–H and O–H groups in total. The third-order valence-corrected chi connectivity index (χ3v) is 5.33. The van der Waals surface area contributed by atoms with Crippen LogP contribution in [0.3, 0.4) is 0 Å². The second-order valence-electron chi connectivity index (χ2n) is 7.32. The molecule has 1 amide bonds. The molecule has 2 aliphatic heterocycles. The molecule has 0 radical (unpaired) electrons. The molecule has 8 nitrogen and oxygen atoms in total. The van der Waals surface area contributed by atoms with Crippen LogP contribution in [0.1, 0.15) is 40.8 Å². The Morgan fingerprint density at radius 3 is 2.86 bits per heavy atom. The first-order valence-electron chi connectivity index (χ1n) is 9.75. The molecule has 1 saturated heterocycles. The molecule has 2 aliphatic rings. The monoisotopic (exact) mass is 387 g/mol. The lowest BCUT2D eigenvalue weighted by molar-refractivity contribution is -0.117. The number of nitrogens with zero attached hydrogens (tertiary/aromatic N) is 4. The van der Waals surface area contributed by atoms with Crippen LogP contribution in [0.15, 0.2) is 24.5 Å². The van der Waals surface area contributed by atoms with Crippen LogP contribution in [-0.2, 0) is 9.53 Å². The molecular formula is C20H29N5O3. The summed E-state index contributed by atoms with van der Waals surface area (Å²) in [6.45, 7) is 4.15. The van der Waals surface area contributed by atoms with Crippen molar-refractivity contribution in [2.75, 3.05) is 36.5 Å². The second kappa shape index (κ2) is 8.20. The highest BCUT2D eigenvalue weighted by Crippen LogP contribution is 2.30. The minimum Gasteiger partial charge on any atom is -0.387 e. The van der Waals surface area contributed by atoms with E-state index in [4.69, 9.17) is 9.72 Å². The molecule has 0 saturated carbocycles. The lowest BCUT2D eigenvalue weighted by Gasteiger charge is -2.30. The number of nitrogens with one attached hydrogen (secondary N) is 1. The Kier molecular flexibility index (Phi) is 5.50. The van der Waals surface area contributed by atoms with E-state index in [1.165, 1.54) is 0 Å². The third-order valence-electron chi connectivity index (χ3n) is 5.33. The Hall–Kier alpha value is -2.58. The maximum Gasteiger partial charge on any atom is 0.247 e. The lowest BCUT2D eigenvalue weighted by Crippen LogP contribution is -2.42. The molecule has 8 heteroatoms. The summed E-state index contributed by atoms with van der Waals surface area (Å²) in [6.07, 6.45) is 5.75. The Bertz CT molecular complexity index is 845. The number of aromatic nitrogens is 3. The topological polar surface area (TPSA) is 100 Å². The molecule has 0 aromatic carbocycles. The fourth-order valence-corrected chi connectivity index (χ4v) is 3.59. The summed E-state index contributed by atoms with van der Waals surface area (Å²) >= 11 is 0. The highest BCUT2D eigenvalue weighted by atomic mass is 16.5. The van der Waals surface area contributed by atoms with Gasteiger partial charge in [0.25, 0.3) is 0 Å². The number of pyridine rings is 1. The average molecular weight is 387 g/mol. The normalized spacial score (nSPS) is 18.5. The largest absolute Gasteiger partial charge is 0.387 e. The molecule has 4 heterocycles. The van der Waals surface area contributed by atoms with E-state index in [2.05, 4.69) is 15.3 Å². The summed E-state index contributed by atoms with van der Waals surface area (Å²) in [5.41, 5.74) is 2.04. The van der Waals surface area contributed by atoms with Crippen LogP contribution in [0, 0.1) is 5.92 Å². The minimum atomic E-state index is -0.619. The smallest absolute Gasteiger partial charge is 0.247 e. The van der Waals surface area contributed by atoms with Crippen molar-refractivity contribution in [2.45, 2.75) is 32.3 Å². The summed E-state index contributed by atoms with van der Waals surface area (Å²) in [5.74, 6) is 1.78. The number of ether oxygens (including phenoxy) is 1. The van der Waals surface area contributed by atoms with Crippen molar-refractivity contribution in [3.63, 3.8) is 0 Å². The van der Waals surface area contributed by atoms with E-state index >= 15 is 0 Å². The molecular weight excluding hydrogens is 358 g/mol. The van der Waals surface area contributed by atoms with E-state index in [1.807, 2.05) is 6.07 Å². The quantitative estimate of drug-likeness (QED) is 0.813. The van der Waals surface area contributed by atoms with Gasteiger partial charge in [-0.15, -0.1) is 0 Å². The van der Waals surface area contributed by atoms with Crippen LogP contribution in [0.25, 0.3) is 11.3 Å². The summed E-state index contributed by atoms with van der Waals surface area (Å²) in [4.78, 5) is 27.7. The van der Waals surface area contributed by atoms with Crippen molar-refractivity contribution in [2.24, 2.45) is 5.92 Å². The van der Waals surface area contributed by atoms with Gasteiger partial charge in [0.15, 0.2) is 11.6 Å². The number of aliphatic hydroxyl groups is 1. The van der Waals surface area contributed by atoms with Gasteiger partial charge in [-0.05, 0) is 44.2 Å². The number of hydrogen-bond acceptors (Lipinski definition) is 7. The van der Waals surface area contributed by atoms with Crippen LogP contribution in [0.4, 0.5) is 11.6 Å². The predicted molar refractivity (Wildman–Crippen MR) is 109 cm³/mol. The van der Waals surface area contributed by atoms with Crippen molar-refractivity contribution >= 4 is 17.5 Å². The number of carbonyl (C=O) groups is 1. The van der Waals surface area contributed by atoms with Gasteiger partial charge in [0, 0.05) is 34.4 Å². The number of fused-ring (bicyclic) bond motifs is 1. The number of rotatable bonds is 5. The number of hydrogen-bond donors (Lipinski definition) is 2. The van der Waals surface area contributed by atoms with Gasteiger partial charge in [0.1, 0.15) is 0 Å². The van der Waals surface area contributed by atoms with Crippen molar-refractivity contribution in [1.82, 2.24) is 15.0 Å². The Morgan fingerprint density at radius 2 is 2.14 bits per heavy atom. The Labute approximate surface area is 166 Å². The van der Waals surface area contributed by atoms with Crippen LogP contribution in [0.2, 0.25) is 0 Å². The van der Waals surface area contributed by atoms with Crippen molar-refractivity contribution in [1.29, 1.82) is 0 Å². The van der Waals surface area contributed by atoms with E-state index in [0.29, 0.717) is 35.5 Å². The van der Waals surface area contributed by atoms with Crippen LogP contribution >= 0.6 is 0 Å². The first kappa shape index (κ1) is 18.8. The number of anilines is 2. The number of amides is 1.